The first-order chi connectivity index (χ1) is 12.6. The average Bonchev–Trinajstić information content (AvgIpc) is 2.64. The fourth-order valence-corrected chi connectivity index (χ4v) is 2.79. The fraction of sp³-hybridized carbons (Fsp3) is 0.190. The van der Waals surface area contributed by atoms with Crippen LogP contribution >= 0.6 is 0 Å². The topological polar surface area (TPSA) is 66.9 Å². The number of rotatable bonds is 6. The standard InChI is InChI=1S/C21H22N4O/c1-4-16-8-5-7-14(2)21(16)25-20-12-19(22-13-23-20)24-18-10-6-9-17(11-18)15(3)26/h5-13H,4H2,1-3H3,(H2,22,23,24,25). The number of nitrogens with one attached hydrogen (secondary N) is 2. The van der Waals surface area contributed by atoms with Gasteiger partial charge in [-0.3, -0.25) is 4.79 Å². The zero-order valence-electron chi connectivity index (χ0n) is 15.2. The van der Waals surface area contributed by atoms with Gasteiger partial charge in [0.15, 0.2) is 5.78 Å². The quantitative estimate of drug-likeness (QED) is 0.612. The van der Waals surface area contributed by atoms with Crippen molar-refractivity contribution in [2.24, 2.45) is 0 Å². The summed E-state index contributed by atoms with van der Waals surface area (Å²) in [6.45, 7) is 5.77. The number of nitrogens with zero attached hydrogens (tertiary/aromatic N) is 2. The zero-order valence-corrected chi connectivity index (χ0v) is 15.2. The van der Waals surface area contributed by atoms with Crippen molar-refractivity contribution in [3.8, 4) is 0 Å². The van der Waals surface area contributed by atoms with Crippen molar-refractivity contribution >= 4 is 28.8 Å². The zero-order chi connectivity index (χ0) is 18.5. The molecule has 2 N–H and O–H groups in total. The van der Waals surface area contributed by atoms with Gasteiger partial charge >= 0.3 is 0 Å². The van der Waals surface area contributed by atoms with Crippen LogP contribution < -0.4 is 10.6 Å². The number of carbonyl (C=O) groups is 1. The van der Waals surface area contributed by atoms with E-state index in [-0.39, 0.29) is 5.78 Å². The van der Waals surface area contributed by atoms with Gasteiger partial charge in [-0.25, -0.2) is 9.97 Å². The van der Waals surface area contributed by atoms with Crippen LogP contribution in [-0.4, -0.2) is 15.8 Å². The van der Waals surface area contributed by atoms with E-state index in [4.69, 9.17) is 0 Å². The molecule has 0 aliphatic rings. The number of Topliss-reactive ketones (excluding diaryl/α,β-unsaturated/α-hetero) is 1. The Morgan fingerprint density at radius 2 is 1.73 bits per heavy atom. The Morgan fingerprint density at radius 1 is 1.00 bits per heavy atom. The van der Waals surface area contributed by atoms with E-state index in [1.165, 1.54) is 17.5 Å². The van der Waals surface area contributed by atoms with E-state index in [1.54, 1.807) is 13.0 Å². The highest BCUT2D eigenvalue weighted by atomic mass is 16.1. The third-order valence-corrected chi connectivity index (χ3v) is 4.20. The molecule has 26 heavy (non-hydrogen) atoms. The lowest BCUT2D eigenvalue weighted by Gasteiger charge is -2.14. The summed E-state index contributed by atoms with van der Waals surface area (Å²) in [6.07, 6.45) is 2.46. The molecule has 0 unspecified atom stereocenters. The largest absolute Gasteiger partial charge is 0.340 e. The molecular weight excluding hydrogens is 324 g/mol. The Hall–Kier alpha value is -3.21. The lowest BCUT2D eigenvalue weighted by atomic mass is 10.1. The Kier molecular flexibility index (Phi) is 5.27. The lowest BCUT2D eigenvalue weighted by Crippen LogP contribution is -2.02. The molecule has 0 amide bonds. The molecule has 0 fully saturated rings. The summed E-state index contributed by atoms with van der Waals surface area (Å²) < 4.78 is 0. The van der Waals surface area contributed by atoms with Gasteiger partial charge in [0.05, 0.1) is 0 Å². The Bertz CT molecular complexity index is 937. The first kappa shape index (κ1) is 17.6. The summed E-state index contributed by atoms with van der Waals surface area (Å²) in [5.41, 5.74) is 4.97. The van der Waals surface area contributed by atoms with Gasteiger partial charge in [0.2, 0.25) is 0 Å². The van der Waals surface area contributed by atoms with E-state index in [2.05, 4.69) is 52.6 Å². The number of benzene rings is 2. The van der Waals surface area contributed by atoms with Gasteiger partial charge in [-0.15, -0.1) is 0 Å². The van der Waals surface area contributed by atoms with E-state index in [9.17, 15) is 4.79 Å². The molecule has 0 atom stereocenters. The van der Waals surface area contributed by atoms with Crippen LogP contribution in [-0.2, 0) is 6.42 Å². The number of hydrogen-bond acceptors (Lipinski definition) is 5. The van der Waals surface area contributed by atoms with Gasteiger partial charge in [-0.2, -0.15) is 0 Å². The molecule has 2 aromatic carbocycles. The Morgan fingerprint density at radius 3 is 2.46 bits per heavy atom. The summed E-state index contributed by atoms with van der Waals surface area (Å²) in [4.78, 5) is 20.1. The van der Waals surface area contributed by atoms with E-state index in [0.717, 1.165) is 17.8 Å². The molecule has 5 heteroatoms. The number of carbonyl (C=O) groups excluding carboxylic acids is 1. The molecule has 1 aromatic heterocycles. The summed E-state index contributed by atoms with van der Waals surface area (Å²) in [5, 5.41) is 6.63. The van der Waals surface area contributed by atoms with Gasteiger partial charge < -0.3 is 10.6 Å². The van der Waals surface area contributed by atoms with E-state index in [0.29, 0.717) is 17.2 Å². The van der Waals surface area contributed by atoms with Gasteiger partial charge in [-0.1, -0.05) is 37.3 Å². The molecule has 0 aliphatic carbocycles. The van der Waals surface area contributed by atoms with Crippen molar-refractivity contribution < 1.29 is 4.79 Å². The predicted molar refractivity (Wildman–Crippen MR) is 106 cm³/mol. The maximum atomic E-state index is 11.5. The van der Waals surface area contributed by atoms with Gasteiger partial charge in [0.1, 0.15) is 18.0 Å². The van der Waals surface area contributed by atoms with Crippen molar-refractivity contribution in [1.29, 1.82) is 0 Å². The second kappa shape index (κ2) is 7.78. The summed E-state index contributed by atoms with van der Waals surface area (Å²) in [5.74, 6) is 1.41. The van der Waals surface area contributed by atoms with Crippen molar-refractivity contribution in [1.82, 2.24) is 9.97 Å². The molecule has 0 spiro atoms. The third kappa shape index (κ3) is 4.06. The maximum absolute atomic E-state index is 11.5. The first-order valence-electron chi connectivity index (χ1n) is 8.62. The van der Waals surface area contributed by atoms with Crippen molar-refractivity contribution in [2.45, 2.75) is 27.2 Å². The van der Waals surface area contributed by atoms with Gasteiger partial charge in [0.25, 0.3) is 0 Å². The number of aryl methyl sites for hydroxylation is 2. The second-order valence-corrected chi connectivity index (χ2v) is 6.14. The molecular formula is C21H22N4O. The molecule has 3 rings (SSSR count). The second-order valence-electron chi connectivity index (χ2n) is 6.14. The first-order valence-corrected chi connectivity index (χ1v) is 8.62. The molecule has 3 aromatic rings. The lowest BCUT2D eigenvalue weighted by molar-refractivity contribution is 0.101. The third-order valence-electron chi connectivity index (χ3n) is 4.20. The van der Waals surface area contributed by atoms with Crippen molar-refractivity contribution in [3.63, 3.8) is 0 Å². The monoisotopic (exact) mass is 346 g/mol. The van der Waals surface area contributed by atoms with Crippen LogP contribution in [0.2, 0.25) is 0 Å². The minimum atomic E-state index is 0.0327. The van der Waals surface area contributed by atoms with Crippen LogP contribution in [0, 0.1) is 6.92 Å². The molecule has 0 saturated heterocycles. The molecule has 0 radical (unpaired) electrons. The highest BCUT2D eigenvalue weighted by molar-refractivity contribution is 5.95. The SMILES string of the molecule is CCc1cccc(C)c1Nc1cc(Nc2cccc(C(C)=O)c2)ncn1. The van der Waals surface area contributed by atoms with Crippen LogP contribution in [0.1, 0.15) is 35.3 Å². The summed E-state index contributed by atoms with van der Waals surface area (Å²) in [6, 6.07) is 15.5. The number of hydrogen-bond donors (Lipinski definition) is 2. The smallest absolute Gasteiger partial charge is 0.159 e. The highest BCUT2D eigenvalue weighted by Gasteiger charge is 2.07. The molecule has 5 nitrogen and oxygen atoms in total. The van der Waals surface area contributed by atoms with E-state index >= 15 is 0 Å². The summed E-state index contributed by atoms with van der Waals surface area (Å²) in [7, 11) is 0. The van der Waals surface area contributed by atoms with Crippen LogP contribution in [0.5, 0.6) is 0 Å². The molecule has 0 saturated carbocycles. The van der Waals surface area contributed by atoms with Crippen LogP contribution in [0.25, 0.3) is 0 Å². The average molecular weight is 346 g/mol. The molecule has 0 aliphatic heterocycles. The minimum Gasteiger partial charge on any atom is -0.340 e. The van der Waals surface area contributed by atoms with Crippen LogP contribution in [0.3, 0.4) is 0 Å². The van der Waals surface area contributed by atoms with Gasteiger partial charge in [0, 0.05) is 23.0 Å². The molecule has 0 bridgehead atoms. The van der Waals surface area contributed by atoms with E-state index in [1.807, 2.05) is 24.3 Å². The number of para-hydroxylation sites is 1. The van der Waals surface area contributed by atoms with Gasteiger partial charge in [-0.05, 0) is 43.5 Å². The van der Waals surface area contributed by atoms with Crippen molar-refractivity contribution in [2.75, 3.05) is 10.6 Å². The Labute approximate surface area is 153 Å². The fourth-order valence-electron chi connectivity index (χ4n) is 2.79. The minimum absolute atomic E-state index is 0.0327. The number of ketones is 1. The number of anilines is 4. The van der Waals surface area contributed by atoms with Crippen LogP contribution in [0.4, 0.5) is 23.0 Å². The molecule has 1 heterocycles. The highest BCUT2D eigenvalue weighted by Crippen LogP contribution is 2.25. The molecule has 132 valence electrons. The summed E-state index contributed by atoms with van der Waals surface area (Å²) >= 11 is 0. The van der Waals surface area contributed by atoms with E-state index < -0.39 is 0 Å². The van der Waals surface area contributed by atoms with Crippen molar-refractivity contribution in [3.05, 3.63) is 71.5 Å². The van der Waals surface area contributed by atoms with Crippen LogP contribution in [0.15, 0.2) is 54.9 Å². The normalized spacial score (nSPS) is 10.4. The predicted octanol–water partition coefficient (Wildman–Crippen LogP) is 5.04. The number of aromatic nitrogens is 2. The Balaban J connectivity index is 1.83. The maximum Gasteiger partial charge on any atom is 0.159 e.